The molecule has 0 saturated heterocycles. The smallest absolute Gasteiger partial charge is 0.416 e. The van der Waals surface area contributed by atoms with Gasteiger partial charge in [0.05, 0.1) is 31.9 Å². The summed E-state index contributed by atoms with van der Waals surface area (Å²) in [6.07, 6.45) is -6.91. The van der Waals surface area contributed by atoms with Crippen LogP contribution in [0.5, 0.6) is 0 Å². The zero-order valence-electron chi connectivity index (χ0n) is 25.9. The molecule has 1 unspecified atom stereocenters. The summed E-state index contributed by atoms with van der Waals surface area (Å²) >= 11 is 0. The number of aliphatic imine (C=N–C) groups is 1. The molecule has 0 amide bonds. The molecule has 2 heterocycles. The lowest BCUT2D eigenvalue weighted by molar-refractivity contribution is -0.149. The van der Waals surface area contributed by atoms with Crippen molar-refractivity contribution in [2.75, 3.05) is 20.8 Å². The van der Waals surface area contributed by atoms with Gasteiger partial charge in [0.2, 0.25) is 0 Å². The second-order valence-corrected chi connectivity index (χ2v) is 10.9. The highest BCUT2D eigenvalue weighted by molar-refractivity contribution is 5.90. The Balaban J connectivity index is 1.60. The van der Waals surface area contributed by atoms with Crippen LogP contribution in [0.4, 0.5) is 26.3 Å². The first kappa shape index (κ1) is 34.7. The molecular weight excluding hydrogens is 656 g/mol. The number of benzene rings is 3. The highest BCUT2D eigenvalue weighted by Gasteiger charge is 2.42. The molecule has 1 atom stereocenters. The van der Waals surface area contributed by atoms with Crippen LogP contribution >= 0.6 is 0 Å². The largest absolute Gasteiger partial charge is 0.469 e. The van der Waals surface area contributed by atoms with E-state index in [1.165, 1.54) is 6.33 Å². The Morgan fingerprint density at radius 1 is 0.816 bits per heavy atom. The molecule has 0 saturated carbocycles. The third-order valence-electron chi connectivity index (χ3n) is 7.83. The van der Waals surface area contributed by atoms with Gasteiger partial charge < -0.3 is 9.47 Å². The number of methoxy groups -OCH3 is 2. The van der Waals surface area contributed by atoms with Gasteiger partial charge in [0.1, 0.15) is 29.3 Å². The van der Waals surface area contributed by atoms with Crippen molar-refractivity contribution in [3.63, 3.8) is 0 Å². The number of ether oxygens (including phenoxy) is 2. The van der Waals surface area contributed by atoms with Crippen molar-refractivity contribution in [1.82, 2.24) is 19.5 Å². The predicted molar refractivity (Wildman–Crippen MR) is 166 cm³/mol. The maximum absolute atomic E-state index is 13.6. The van der Waals surface area contributed by atoms with E-state index in [0.717, 1.165) is 26.1 Å². The van der Waals surface area contributed by atoms with E-state index in [0.29, 0.717) is 34.6 Å². The van der Waals surface area contributed by atoms with Crippen molar-refractivity contribution in [2.24, 2.45) is 4.99 Å². The first-order valence-corrected chi connectivity index (χ1v) is 14.6. The summed E-state index contributed by atoms with van der Waals surface area (Å²) in [4.78, 5) is 43.3. The molecule has 49 heavy (non-hydrogen) atoms. The van der Waals surface area contributed by atoms with Gasteiger partial charge in [0.25, 0.3) is 0 Å². The highest BCUT2D eigenvalue weighted by Crippen LogP contribution is 2.38. The normalized spacial score (nSPS) is 13.4. The molecule has 0 N–H and O–H groups in total. The van der Waals surface area contributed by atoms with E-state index in [9.17, 15) is 35.9 Å². The van der Waals surface area contributed by atoms with Gasteiger partial charge in [-0.25, -0.2) is 15.0 Å². The number of halogens is 6. The van der Waals surface area contributed by atoms with Crippen LogP contribution in [0.3, 0.4) is 0 Å². The number of rotatable bonds is 10. The molecule has 0 radical (unpaired) electrons. The number of fused-ring (bicyclic) bond motifs is 1. The molecule has 3 aromatic carbocycles. The fourth-order valence-corrected chi connectivity index (χ4v) is 5.36. The van der Waals surface area contributed by atoms with Gasteiger partial charge in [-0.3, -0.25) is 19.1 Å². The highest BCUT2D eigenvalue weighted by atomic mass is 19.4. The molecule has 15 heteroatoms. The van der Waals surface area contributed by atoms with Crippen molar-refractivity contribution in [1.29, 1.82) is 0 Å². The molecule has 0 aliphatic heterocycles. The topological polar surface area (TPSA) is 109 Å². The van der Waals surface area contributed by atoms with Crippen LogP contribution in [0.15, 0.2) is 90.4 Å². The van der Waals surface area contributed by atoms with Gasteiger partial charge in [-0.15, -0.1) is 0 Å². The number of hydrogen-bond acceptors (Lipinski definition) is 8. The van der Waals surface area contributed by atoms with Crippen LogP contribution in [0.1, 0.15) is 35.1 Å². The van der Waals surface area contributed by atoms with E-state index < -0.39 is 52.9 Å². The lowest BCUT2D eigenvalue weighted by Gasteiger charge is -2.30. The van der Waals surface area contributed by atoms with Gasteiger partial charge in [-0.2, -0.15) is 26.3 Å². The SMILES string of the molecule is COC(=O)CCC(CN=Cc1cc(C(F)(F)F)cc(C(F)(F)F)c1)(C(=O)OC)c1cccc(-c2ncnc3c2ncn3-c2ccccc2)c1. The fraction of sp³-hybridized carbons (Fsp3) is 0.235. The maximum Gasteiger partial charge on any atom is 0.416 e. The van der Waals surface area contributed by atoms with E-state index in [2.05, 4.69) is 19.9 Å². The number of esters is 2. The molecule has 0 spiro atoms. The Morgan fingerprint density at radius 3 is 2.14 bits per heavy atom. The van der Waals surface area contributed by atoms with Gasteiger partial charge in [0, 0.05) is 23.9 Å². The van der Waals surface area contributed by atoms with E-state index >= 15 is 0 Å². The van der Waals surface area contributed by atoms with Crippen LogP contribution in [0.2, 0.25) is 0 Å². The molecule has 0 fully saturated rings. The van der Waals surface area contributed by atoms with E-state index in [1.807, 2.05) is 30.3 Å². The van der Waals surface area contributed by atoms with Crippen molar-refractivity contribution in [2.45, 2.75) is 30.6 Å². The van der Waals surface area contributed by atoms with Crippen LogP contribution in [0.25, 0.3) is 28.1 Å². The van der Waals surface area contributed by atoms with Crippen LogP contribution in [-0.4, -0.2) is 58.4 Å². The number of carbonyl (C=O) groups excluding carboxylic acids is 2. The summed E-state index contributed by atoms with van der Waals surface area (Å²) in [5.41, 5.74) is -2.37. The number of para-hydroxylation sites is 1. The molecular formula is C34H27F6N5O4. The standard InChI is InChI=1S/C34H27F6N5O4/c1-48-27(46)11-12-32(31(47)49-2,18-41-17-21-13-24(33(35,36)37)16-25(14-21)34(38,39)40)23-8-6-7-22(15-23)28-29-30(43-19-42-28)45(20-44-29)26-9-4-3-5-10-26/h3-10,13-17,19-20H,11-12,18H2,1-2H3. The second kappa shape index (κ2) is 13.9. The number of nitrogens with zero attached hydrogens (tertiary/aromatic N) is 5. The summed E-state index contributed by atoms with van der Waals surface area (Å²) in [6.45, 7) is -0.514. The molecule has 5 rings (SSSR count). The number of alkyl halides is 6. The predicted octanol–water partition coefficient (Wildman–Crippen LogP) is 7.00. The summed E-state index contributed by atoms with van der Waals surface area (Å²) in [6, 6.07) is 16.9. The van der Waals surface area contributed by atoms with E-state index in [1.54, 1.807) is 35.2 Å². The number of carbonyl (C=O) groups is 2. The zero-order chi connectivity index (χ0) is 35.4. The molecule has 0 aliphatic carbocycles. The minimum absolute atomic E-state index is 0.00491. The summed E-state index contributed by atoms with van der Waals surface area (Å²) in [7, 11) is 2.26. The Hall–Kier alpha value is -5.60. The average molecular weight is 684 g/mol. The number of imidazole rings is 1. The lowest BCUT2D eigenvalue weighted by Crippen LogP contribution is -2.41. The first-order chi connectivity index (χ1) is 23.3. The minimum Gasteiger partial charge on any atom is -0.469 e. The quantitative estimate of drug-likeness (QED) is 0.0886. The first-order valence-electron chi connectivity index (χ1n) is 14.6. The number of aromatic nitrogens is 4. The lowest BCUT2D eigenvalue weighted by atomic mass is 9.75. The molecule has 254 valence electrons. The molecule has 0 aliphatic rings. The van der Waals surface area contributed by atoms with Gasteiger partial charge in [0.15, 0.2) is 5.65 Å². The molecule has 2 aromatic heterocycles. The Labute approximate surface area is 275 Å². The second-order valence-electron chi connectivity index (χ2n) is 10.9. The Kier molecular flexibility index (Phi) is 9.83. The third-order valence-corrected chi connectivity index (χ3v) is 7.83. The summed E-state index contributed by atoms with van der Waals surface area (Å²) < 4.78 is 92.4. The maximum atomic E-state index is 13.6. The third kappa shape index (κ3) is 7.45. The molecule has 9 nitrogen and oxygen atoms in total. The van der Waals surface area contributed by atoms with Gasteiger partial charge in [-0.1, -0.05) is 36.4 Å². The number of hydrogen-bond donors (Lipinski definition) is 0. The molecule has 0 bridgehead atoms. The van der Waals surface area contributed by atoms with Crippen LogP contribution < -0.4 is 0 Å². The van der Waals surface area contributed by atoms with Crippen molar-refractivity contribution < 1.29 is 45.4 Å². The van der Waals surface area contributed by atoms with E-state index in [-0.39, 0.29) is 24.5 Å². The van der Waals surface area contributed by atoms with Crippen LogP contribution in [-0.2, 0) is 36.8 Å². The van der Waals surface area contributed by atoms with Crippen molar-refractivity contribution >= 4 is 29.3 Å². The van der Waals surface area contributed by atoms with Gasteiger partial charge >= 0.3 is 24.3 Å². The van der Waals surface area contributed by atoms with E-state index in [4.69, 9.17) is 9.47 Å². The Morgan fingerprint density at radius 2 is 1.51 bits per heavy atom. The average Bonchev–Trinajstić information content (AvgIpc) is 3.53. The summed E-state index contributed by atoms with van der Waals surface area (Å²) in [5, 5.41) is 0. The summed E-state index contributed by atoms with van der Waals surface area (Å²) in [5.74, 6) is -1.53. The zero-order valence-corrected chi connectivity index (χ0v) is 25.9. The van der Waals surface area contributed by atoms with Crippen molar-refractivity contribution in [3.8, 4) is 16.9 Å². The minimum atomic E-state index is -5.07. The fourth-order valence-electron chi connectivity index (χ4n) is 5.36. The monoisotopic (exact) mass is 683 g/mol. The van der Waals surface area contributed by atoms with Crippen molar-refractivity contribution in [3.05, 3.63) is 108 Å². The Bertz CT molecular complexity index is 1980. The molecule has 5 aromatic rings. The van der Waals surface area contributed by atoms with Crippen LogP contribution in [0, 0.1) is 0 Å². The van der Waals surface area contributed by atoms with Gasteiger partial charge in [-0.05, 0) is 53.9 Å².